The Morgan fingerprint density at radius 3 is 0.931 bits per heavy atom. The van der Waals surface area contributed by atoms with Gasteiger partial charge in [0.25, 0.3) is 0 Å². The lowest BCUT2D eigenvalue weighted by Gasteiger charge is -2.18. The number of hydrogen-bond donors (Lipinski definition) is 0. The summed E-state index contributed by atoms with van der Waals surface area (Å²) in [5.74, 6) is 1.93. The highest BCUT2D eigenvalue weighted by Crippen LogP contribution is 2.47. The zero-order valence-corrected chi connectivity index (χ0v) is 33.7. The van der Waals surface area contributed by atoms with Crippen LogP contribution < -0.4 is 0 Å². The Kier molecular flexibility index (Phi) is 7.34. The van der Waals surface area contributed by atoms with Gasteiger partial charge in [0.2, 0.25) is 0 Å². The molecule has 0 spiro atoms. The third kappa shape index (κ3) is 5.14. The monoisotopic (exact) mass is 752 g/mol. The highest BCUT2D eigenvalue weighted by Gasteiger charge is 2.30. The minimum Gasteiger partial charge on any atom is -0.460 e. The Morgan fingerprint density at radius 2 is 0.638 bits per heavy atom. The lowest BCUT2D eigenvalue weighted by Crippen LogP contribution is -2.11. The third-order valence-electron chi connectivity index (χ3n) is 11.8. The number of furan rings is 2. The normalized spacial score (nSPS) is 12.7. The van der Waals surface area contributed by atoms with E-state index in [1.54, 1.807) is 0 Å². The molecule has 4 heteroatoms. The van der Waals surface area contributed by atoms with E-state index in [4.69, 9.17) is 8.83 Å². The van der Waals surface area contributed by atoms with E-state index in [1.165, 1.54) is 43.6 Å². The summed E-state index contributed by atoms with van der Waals surface area (Å²) in [4.78, 5) is 0. The topological polar surface area (TPSA) is 36.1 Å². The molecular weight excluding hydrogens is 709 g/mol. The van der Waals surface area contributed by atoms with Crippen molar-refractivity contribution in [2.75, 3.05) is 0 Å². The molecule has 0 aliphatic carbocycles. The fourth-order valence-corrected chi connectivity index (χ4v) is 9.27. The number of aromatic nitrogens is 2. The van der Waals surface area contributed by atoms with Gasteiger partial charge in [-0.1, -0.05) is 139 Å². The first-order valence-corrected chi connectivity index (χ1v) is 20.3. The maximum atomic E-state index is 6.93. The molecular formula is C54H44N2O2. The molecule has 7 aromatic carbocycles. The van der Waals surface area contributed by atoms with Crippen molar-refractivity contribution in [3.8, 4) is 33.6 Å². The summed E-state index contributed by atoms with van der Waals surface area (Å²) in [6.07, 6.45) is 0. The first kappa shape index (κ1) is 34.5. The van der Waals surface area contributed by atoms with Crippen LogP contribution in [0.25, 0.3) is 99.2 Å². The van der Waals surface area contributed by atoms with Crippen LogP contribution in [0.1, 0.15) is 53.1 Å². The predicted octanol–water partition coefficient (Wildman–Crippen LogP) is 15.3. The molecule has 282 valence electrons. The van der Waals surface area contributed by atoms with Crippen LogP contribution in [0.4, 0.5) is 0 Å². The largest absolute Gasteiger partial charge is 0.460 e. The molecule has 0 bridgehead atoms. The molecule has 58 heavy (non-hydrogen) atoms. The molecule has 0 amide bonds. The van der Waals surface area contributed by atoms with Gasteiger partial charge in [0.1, 0.15) is 22.7 Å². The van der Waals surface area contributed by atoms with E-state index >= 15 is 0 Å². The summed E-state index contributed by atoms with van der Waals surface area (Å²) >= 11 is 0. The van der Waals surface area contributed by atoms with E-state index in [0.29, 0.717) is 0 Å². The number of rotatable bonds is 4. The second-order valence-electron chi connectivity index (χ2n) is 17.8. The summed E-state index contributed by atoms with van der Waals surface area (Å²) in [7, 11) is 0. The minimum atomic E-state index is -0.233. The van der Waals surface area contributed by atoms with Crippen LogP contribution in [0.5, 0.6) is 0 Å². The van der Waals surface area contributed by atoms with Crippen LogP contribution in [0.2, 0.25) is 0 Å². The van der Waals surface area contributed by atoms with Gasteiger partial charge in [-0.3, -0.25) is 0 Å². The maximum absolute atomic E-state index is 6.93. The number of benzene rings is 7. The van der Waals surface area contributed by atoms with Gasteiger partial charge in [0.05, 0.1) is 22.1 Å². The van der Waals surface area contributed by atoms with Crippen LogP contribution >= 0.6 is 0 Å². The van der Waals surface area contributed by atoms with Crippen molar-refractivity contribution in [1.82, 2.24) is 9.13 Å². The van der Waals surface area contributed by atoms with Crippen LogP contribution in [0.3, 0.4) is 0 Å². The van der Waals surface area contributed by atoms with E-state index < -0.39 is 0 Å². The average Bonchev–Trinajstić information content (AvgIpc) is 3.98. The van der Waals surface area contributed by atoms with Gasteiger partial charge in [-0.25, -0.2) is 0 Å². The number of para-hydroxylation sites is 4. The molecule has 0 aliphatic rings. The molecule has 0 atom stereocenters. The van der Waals surface area contributed by atoms with E-state index in [-0.39, 0.29) is 10.8 Å². The molecule has 0 N–H and O–H groups in total. The highest BCUT2D eigenvalue weighted by molar-refractivity contribution is 6.11. The Bertz CT molecular complexity index is 3050. The zero-order chi connectivity index (χ0) is 39.5. The lowest BCUT2D eigenvalue weighted by atomic mass is 9.86. The highest BCUT2D eigenvalue weighted by atomic mass is 16.3. The smallest absolute Gasteiger partial charge is 0.135 e. The van der Waals surface area contributed by atoms with E-state index in [9.17, 15) is 0 Å². The van der Waals surface area contributed by atoms with Crippen molar-refractivity contribution < 1.29 is 8.83 Å². The second-order valence-corrected chi connectivity index (χ2v) is 17.8. The summed E-state index contributed by atoms with van der Waals surface area (Å²) < 4.78 is 18.6. The van der Waals surface area contributed by atoms with Crippen molar-refractivity contribution in [3.63, 3.8) is 0 Å². The van der Waals surface area contributed by atoms with Crippen molar-refractivity contribution in [2.24, 2.45) is 0 Å². The molecule has 0 aliphatic heterocycles. The van der Waals surface area contributed by atoms with Gasteiger partial charge in [0, 0.05) is 65.6 Å². The Hall–Kier alpha value is -6.78. The molecule has 4 nitrogen and oxygen atoms in total. The quantitative estimate of drug-likeness (QED) is 0.179. The van der Waals surface area contributed by atoms with E-state index in [2.05, 4.69) is 208 Å². The third-order valence-corrected chi connectivity index (χ3v) is 11.8. The fraction of sp³-hybridized carbons (Fsp3) is 0.148. The van der Waals surface area contributed by atoms with Crippen molar-refractivity contribution >= 4 is 65.6 Å². The van der Waals surface area contributed by atoms with Crippen LogP contribution in [-0.2, 0) is 10.8 Å². The molecule has 0 saturated heterocycles. The molecule has 0 unspecified atom stereocenters. The Labute approximate surface area is 337 Å². The van der Waals surface area contributed by atoms with Crippen LogP contribution in [-0.4, -0.2) is 9.13 Å². The summed E-state index contributed by atoms with van der Waals surface area (Å²) in [5, 5.41) is 7.15. The molecule has 4 heterocycles. The number of fused-ring (bicyclic) bond motifs is 8. The van der Waals surface area contributed by atoms with Gasteiger partial charge >= 0.3 is 0 Å². The molecule has 0 saturated carbocycles. The Balaban J connectivity index is 1.06. The van der Waals surface area contributed by atoms with Crippen molar-refractivity contribution in [2.45, 2.75) is 52.4 Å². The second kappa shape index (κ2) is 12.4. The average molecular weight is 753 g/mol. The fourth-order valence-electron chi connectivity index (χ4n) is 9.27. The minimum absolute atomic E-state index is 0.233. The van der Waals surface area contributed by atoms with Gasteiger partial charge < -0.3 is 18.0 Å². The standard InChI is InChI=1S/C54H44N2O2/c1-53(2,3)51-49(33-23-27-35(28-24-33)55-43-19-11-7-15-37(43)38-16-8-12-20-44(38)55)41-31-48-42(32-47(41)57-51)50(52(58-48)54(4,5)6)34-25-29-36(30-26-34)56-45-21-13-9-17-39(45)40-18-10-14-22-46(40)56/h7-32H,1-6H3. The molecule has 11 aromatic rings. The first-order valence-electron chi connectivity index (χ1n) is 20.3. The number of hydrogen-bond acceptors (Lipinski definition) is 2. The van der Waals surface area contributed by atoms with Crippen molar-refractivity contribution in [3.05, 3.63) is 169 Å². The summed E-state index contributed by atoms with van der Waals surface area (Å²) in [6.45, 7) is 13.4. The molecule has 0 radical (unpaired) electrons. The van der Waals surface area contributed by atoms with Crippen molar-refractivity contribution in [1.29, 1.82) is 0 Å². The zero-order valence-electron chi connectivity index (χ0n) is 33.7. The summed E-state index contributed by atoms with van der Waals surface area (Å²) in [5.41, 5.74) is 12.8. The lowest BCUT2D eigenvalue weighted by molar-refractivity contribution is 0.431. The van der Waals surface area contributed by atoms with Gasteiger partial charge in [-0.15, -0.1) is 0 Å². The van der Waals surface area contributed by atoms with Crippen LogP contribution in [0.15, 0.2) is 167 Å². The van der Waals surface area contributed by atoms with Gasteiger partial charge in [-0.2, -0.15) is 0 Å². The maximum Gasteiger partial charge on any atom is 0.135 e. The molecule has 0 fully saturated rings. The Morgan fingerprint density at radius 1 is 0.345 bits per heavy atom. The first-order chi connectivity index (χ1) is 28.0. The van der Waals surface area contributed by atoms with Gasteiger partial charge in [-0.05, 0) is 71.8 Å². The van der Waals surface area contributed by atoms with E-state index in [0.717, 1.165) is 67.1 Å². The predicted molar refractivity (Wildman–Crippen MR) is 243 cm³/mol. The number of nitrogens with zero attached hydrogens (tertiary/aromatic N) is 2. The van der Waals surface area contributed by atoms with Crippen LogP contribution in [0, 0.1) is 0 Å². The molecule has 4 aromatic heterocycles. The summed E-state index contributed by atoms with van der Waals surface area (Å²) in [6, 6.07) is 57.0. The van der Waals surface area contributed by atoms with Gasteiger partial charge in [0.15, 0.2) is 0 Å². The van der Waals surface area contributed by atoms with E-state index in [1.807, 2.05) is 0 Å². The molecule has 11 rings (SSSR count). The SMILES string of the molecule is CC(C)(C)c1oc2cc3c(-c4ccc(-n5c6ccccc6c6ccccc65)cc4)c(C(C)(C)C)oc3cc2c1-c1ccc(-n2c3ccccc3c3ccccc32)cc1.